The Balaban J connectivity index is 2.00. The summed E-state index contributed by atoms with van der Waals surface area (Å²) in [7, 11) is 0. The van der Waals surface area contributed by atoms with Crippen LogP contribution in [0.4, 0.5) is 0 Å². The number of aromatic amines is 1. The third-order valence-corrected chi connectivity index (χ3v) is 3.34. The molecule has 0 bridgehead atoms. The summed E-state index contributed by atoms with van der Waals surface area (Å²) >= 11 is 1.45. The van der Waals surface area contributed by atoms with Crippen LogP contribution in [0.15, 0.2) is 23.1 Å². The summed E-state index contributed by atoms with van der Waals surface area (Å²) in [4.78, 5) is 25.6. The molecule has 2 heterocycles. The molecule has 0 fully saturated rings. The Labute approximate surface area is 107 Å². The van der Waals surface area contributed by atoms with Crippen LogP contribution in [0.5, 0.6) is 0 Å². The smallest absolute Gasteiger partial charge is 0.260 e. The molecule has 0 aliphatic carbocycles. The van der Waals surface area contributed by atoms with Gasteiger partial charge in [0, 0.05) is 6.20 Å². The van der Waals surface area contributed by atoms with Gasteiger partial charge in [-0.25, -0.2) is 0 Å². The summed E-state index contributed by atoms with van der Waals surface area (Å²) in [6, 6.07) is 3.09. The Kier molecular flexibility index (Phi) is 3.83. The molecule has 0 saturated carbocycles. The van der Waals surface area contributed by atoms with E-state index in [2.05, 4.69) is 20.5 Å². The maximum atomic E-state index is 11.7. The van der Waals surface area contributed by atoms with E-state index in [-0.39, 0.29) is 12.1 Å². The van der Waals surface area contributed by atoms with Crippen molar-refractivity contribution in [3.63, 3.8) is 0 Å². The topological polar surface area (TPSA) is 87.7 Å². The van der Waals surface area contributed by atoms with Crippen LogP contribution < -0.4 is 10.9 Å². The monoisotopic (exact) mass is 264 g/mol. The van der Waals surface area contributed by atoms with Crippen LogP contribution in [0.2, 0.25) is 0 Å². The van der Waals surface area contributed by atoms with Crippen molar-refractivity contribution in [2.75, 3.05) is 0 Å². The number of rotatable bonds is 4. The van der Waals surface area contributed by atoms with Crippen LogP contribution >= 0.6 is 11.3 Å². The summed E-state index contributed by atoms with van der Waals surface area (Å²) in [6.07, 6.45) is 2.31. The number of amides is 1. The third kappa shape index (κ3) is 2.80. The molecule has 0 radical (unpaired) electrons. The Hall–Kier alpha value is -2.02. The summed E-state index contributed by atoms with van der Waals surface area (Å²) in [5.74, 6) is -0.412. The summed E-state index contributed by atoms with van der Waals surface area (Å²) in [5, 5.41) is 12.2. The van der Waals surface area contributed by atoms with Crippen molar-refractivity contribution < 1.29 is 4.79 Å². The first-order valence-corrected chi connectivity index (χ1v) is 6.29. The molecule has 18 heavy (non-hydrogen) atoms. The van der Waals surface area contributed by atoms with Gasteiger partial charge in [0.25, 0.3) is 11.5 Å². The van der Waals surface area contributed by atoms with Gasteiger partial charge < -0.3 is 10.3 Å². The van der Waals surface area contributed by atoms with E-state index in [1.807, 2.05) is 6.92 Å². The van der Waals surface area contributed by atoms with Crippen LogP contribution in [0.25, 0.3) is 0 Å². The van der Waals surface area contributed by atoms with Crippen LogP contribution in [0, 0.1) is 0 Å². The van der Waals surface area contributed by atoms with Gasteiger partial charge in [0.2, 0.25) is 0 Å². The van der Waals surface area contributed by atoms with Crippen molar-refractivity contribution >= 4 is 17.2 Å². The van der Waals surface area contributed by atoms with E-state index in [4.69, 9.17) is 0 Å². The number of nitrogens with one attached hydrogen (secondary N) is 2. The lowest BCUT2D eigenvalue weighted by Gasteiger charge is -2.01. The van der Waals surface area contributed by atoms with E-state index < -0.39 is 11.5 Å². The van der Waals surface area contributed by atoms with Gasteiger partial charge in [-0.05, 0) is 18.6 Å². The number of H-pyrrole nitrogens is 1. The molecule has 0 atom stereocenters. The van der Waals surface area contributed by atoms with Crippen LogP contribution in [0.1, 0.15) is 27.3 Å². The second kappa shape index (κ2) is 5.54. The molecule has 0 unspecified atom stereocenters. The zero-order chi connectivity index (χ0) is 13.0. The molecule has 2 aromatic rings. The fourth-order valence-electron chi connectivity index (χ4n) is 1.35. The number of nitrogens with zero attached hydrogens (tertiary/aromatic N) is 2. The molecule has 6 nitrogen and oxygen atoms in total. The van der Waals surface area contributed by atoms with E-state index >= 15 is 0 Å². The minimum absolute atomic E-state index is 0.0951. The summed E-state index contributed by atoms with van der Waals surface area (Å²) < 4.78 is 0. The average molecular weight is 264 g/mol. The molecule has 0 spiro atoms. The molecule has 2 rings (SSSR count). The molecule has 94 valence electrons. The van der Waals surface area contributed by atoms with Gasteiger partial charge in [-0.15, -0.1) is 10.2 Å². The Morgan fingerprint density at radius 3 is 2.89 bits per heavy atom. The second-order valence-corrected chi connectivity index (χ2v) is 4.69. The standard InChI is InChI=1S/C11H12N4O2S/c1-2-8-14-15-9(18-8)6-13-11(17)7-4-3-5-12-10(7)16/h3-5H,2,6H2,1H3,(H,12,16)(H,13,17). The highest BCUT2D eigenvalue weighted by molar-refractivity contribution is 7.11. The zero-order valence-electron chi connectivity index (χ0n) is 9.77. The molecular formula is C11H12N4O2S. The molecular weight excluding hydrogens is 252 g/mol. The predicted molar refractivity (Wildman–Crippen MR) is 67.5 cm³/mol. The Bertz CT molecular complexity index is 605. The predicted octanol–water partition coefficient (Wildman–Crippen LogP) is 0.719. The third-order valence-electron chi connectivity index (χ3n) is 2.27. The number of pyridine rings is 1. The number of aryl methyl sites for hydroxylation is 1. The summed E-state index contributed by atoms with van der Waals surface area (Å²) in [6.45, 7) is 2.28. The number of aromatic nitrogens is 3. The van der Waals surface area contributed by atoms with Crippen LogP contribution in [0.3, 0.4) is 0 Å². The van der Waals surface area contributed by atoms with Crippen LogP contribution in [-0.4, -0.2) is 21.1 Å². The van der Waals surface area contributed by atoms with Gasteiger partial charge in [-0.1, -0.05) is 18.3 Å². The highest BCUT2D eigenvalue weighted by Crippen LogP contribution is 2.09. The zero-order valence-corrected chi connectivity index (χ0v) is 10.6. The lowest BCUT2D eigenvalue weighted by molar-refractivity contribution is 0.0949. The first kappa shape index (κ1) is 12.4. The number of hydrogen-bond acceptors (Lipinski definition) is 5. The van der Waals surface area contributed by atoms with E-state index in [9.17, 15) is 9.59 Å². The fourth-order valence-corrected chi connectivity index (χ4v) is 2.08. The van der Waals surface area contributed by atoms with Crippen molar-refractivity contribution in [1.82, 2.24) is 20.5 Å². The number of carbonyl (C=O) groups excluding carboxylic acids is 1. The first-order chi connectivity index (χ1) is 8.70. The minimum Gasteiger partial charge on any atom is -0.345 e. The van der Waals surface area contributed by atoms with Gasteiger partial charge in [0.15, 0.2) is 0 Å². The SMILES string of the molecule is CCc1nnc(CNC(=O)c2ccc[nH]c2=O)s1. The van der Waals surface area contributed by atoms with Gasteiger partial charge in [-0.3, -0.25) is 9.59 Å². The van der Waals surface area contributed by atoms with E-state index in [0.717, 1.165) is 16.4 Å². The second-order valence-electron chi connectivity index (χ2n) is 3.54. The molecule has 0 aliphatic heterocycles. The molecule has 0 aromatic carbocycles. The Morgan fingerprint density at radius 1 is 1.44 bits per heavy atom. The van der Waals surface area contributed by atoms with E-state index in [0.29, 0.717) is 0 Å². The van der Waals surface area contributed by atoms with Crippen molar-refractivity contribution in [1.29, 1.82) is 0 Å². The fraction of sp³-hybridized carbons (Fsp3) is 0.273. The normalized spacial score (nSPS) is 10.3. The molecule has 2 aromatic heterocycles. The summed E-state index contributed by atoms with van der Waals surface area (Å²) in [5.41, 5.74) is -0.306. The van der Waals surface area contributed by atoms with Gasteiger partial charge in [0.1, 0.15) is 15.6 Å². The molecule has 7 heteroatoms. The van der Waals surface area contributed by atoms with E-state index in [1.54, 1.807) is 6.07 Å². The van der Waals surface area contributed by atoms with Crippen molar-refractivity contribution in [3.05, 3.63) is 44.3 Å². The Morgan fingerprint density at radius 2 is 2.22 bits per heavy atom. The molecule has 0 aliphatic rings. The molecule has 1 amide bonds. The van der Waals surface area contributed by atoms with E-state index in [1.165, 1.54) is 23.6 Å². The average Bonchev–Trinajstić information content (AvgIpc) is 2.84. The molecule has 2 N–H and O–H groups in total. The number of carbonyl (C=O) groups is 1. The highest BCUT2D eigenvalue weighted by atomic mass is 32.1. The maximum Gasteiger partial charge on any atom is 0.260 e. The largest absolute Gasteiger partial charge is 0.345 e. The van der Waals surface area contributed by atoms with Crippen molar-refractivity contribution in [3.8, 4) is 0 Å². The quantitative estimate of drug-likeness (QED) is 0.851. The lowest BCUT2D eigenvalue weighted by Crippen LogP contribution is -2.28. The van der Waals surface area contributed by atoms with Gasteiger partial charge >= 0.3 is 0 Å². The van der Waals surface area contributed by atoms with Gasteiger partial charge in [0.05, 0.1) is 6.54 Å². The maximum absolute atomic E-state index is 11.7. The number of hydrogen-bond donors (Lipinski definition) is 2. The first-order valence-electron chi connectivity index (χ1n) is 5.48. The highest BCUT2D eigenvalue weighted by Gasteiger charge is 2.10. The van der Waals surface area contributed by atoms with Crippen molar-refractivity contribution in [2.45, 2.75) is 19.9 Å². The minimum atomic E-state index is -0.412. The van der Waals surface area contributed by atoms with Gasteiger partial charge in [-0.2, -0.15) is 0 Å². The van der Waals surface area contributed by atoms with Crippen molar-refractivity contribution in [2.24, 2.45) is 0 Å². The lowest BCUT2D eigenvalue weighted by atomic mass is 10.2. The van der Waals surface area contributed by atoms with Crippen LogP contribution in [-0.2, 0) is 13.0 Å². The molecule has 0 saturated heterocycles.